The Bertz CT molecular complexity index is 641. The third kappa shape index (κ3) is 3.73. The smallest absolute Gasteiger partial charge is 0.258 e. The van der Waals surface area contributed by atoms with Crippen molar-refractivity contribution in [2.75, 3.05) is 11.9 Å². The second kappa shape index (κ2) is 6.59. The largest absolute Gasteiger partial charge is 0.508 e. The maximum atomic E-state index is 12.5. The van der Waals surface area contributed by atoms with Crippen LogP contribution >= 0.6 is 11.6 Å². The first kappa shape index (κ1) is 15.3. The standard InChI is InChI=1S/C16H17ClN2O2/c1-3-4-12-9-11(10-15(17)18-12)16(21)19(2)13-5-7-14(20)8-6-13/h5-10,20H,3-4H2,1-2H3. The van der Waals surface area contributed by atoms with E-state index >= 15 is 0 Å². The minimum atomic E-state index is -0.164. The van der Waals surface area contributed by atoms with Gasteiger partial charge in [0.25, 0.3) is 5.91 Å². The predicted octanol–water partition coefficient (Wildman–Crippen LogP) is 3.67. The number of carbonyl (C=O) groups excluding carboxylic acids is 1. The van der Waals surface area contributed by atoms with Gasteiger partial charge in [0.1, 0.15) is 10.9 Å². The summed E-state index contributed by atoms with van der Waals surface area (Å²) < 4.78 is 0. The number of amides is 1. The minimum absolute atomic E-state index is 0.164. The lowest BCUT2D eigenvalue weighted by Gasteiger charge is -2.18. The van der Waals surface area contributed by atoms with Gasteiger partial charge in [-0.05, 0) is 42.8 Å². The van der Waals surface area contributed by atoms with Gasteiger partial charge in [0.05, 0.1) is 0 Å². The Morgan fingerprint density at radius 2 is 1.95 bits per heavy atom. The highest BCUT2D eigenvalue weighted by atomic mass is 35.5. The quantitative estimate of drug-likeness (QED) is 0.877. The number of anilines is 1. The number of aryl methyl sites for hydroxylation is 1. The summed E-state index contributed by atoms with van der Waals surface area (Å²) in [5.41, 5.74) is 2.02. The van der Waals surface area contributed by atoms with Crippen LogP contribution in [0, 0.1) is 0 Å². The molecule has 1 aromatic carbocycles. The summed E-state index contributed by atoms with van der Waals surface area (Å²) in [6.45, 7) is 2.05. The van der Waals surface area contributed by atoms with Crippen molar-refractivity contribution < 1.29 is 9.90 Å². The highest BCUT2D eigenvalue weighted by Crippen LogP contribution is 2.20. The number of aromatic hydroxyl groups is 1. The lowest BCUT2D eigenvalue weighted by molar-refractivity contribution is 0.0992. The third-order valence-electron chi connectivity index (χ3n) is 3.14. The van der Waals surface area contributed by atoms with Crippen LogP contribution in [0.5, 0.6) is 5.75 Å². The Kier molecular flexibility index (Phi) is 4.81. The van der Waals surface area contributed by atoms with Crippen LogP contribution in [0.3, 0.4) is 0 Å². The first-order chi connectivity index (χ1) is 10.0. The van der Waals surface area contributed by atoms with E-state index in [2.05, 4.69) is 4.98 Å². The van der Waals surface area contributed by atoms with E-state index in [1.807, 2.05) is 6.92 Å². The highest BCUT2D eigenvalue weighted by Gasteiger charge is 2.15. The Labute approximate surface area is 129 Å². The van der Waals surface area contributed by atoms with Crippen LogP contribution < -0.4 is 4.90 Å². The van der Waals surface area contributed by atoms with E-state index in [0.29, 0.717) is 16.4 Å². The fraction of sp³-hybridized carbons (Fsp3) is 0.250. The van der Waals surface area contributed by atoms with Gasteiger partial charge < -0.3 is 10.0 Å². The van der Waals surface area contributed by atoms with Crippen molar-refractivity contribution in [2.45, 2.75) is 19.8 Å². The summed E-state index contributed by atoms with van der Waals surface area (Å²) in [6.07, 6.45) is 1.72. The van der Waals surface area contributed by atoms with Crippen LogP contribution in [0.15, 0.2) is 36.4 Å². The van der Waals surface area contributed by atoms with Gasteiger partial charge in [-0.3, -0.25) is 4.79 Å². The first-order valence-corrected chi connectivity index (χ1v) is 7.12. The molecule has 0 radical (unpaired) electrons. The van der Waals surface area contributed by atoms with Crippen molar-refractivity contribution in [3.05, 3.63) is 52.8 Å². The normalized spacial score (nSPS) is 10.4. The number of rotatable bonds is 4. The zero-order chi connectivity index (χ0) is 15.4. The van der Waals surface area contributed by atoms with Crippen LogP contribution in [0.2, 0.25) is 5.15 Å². The number of halogens is 1. The van der Waals surface area contributed by atoms with E-state index in [4.69, 9.17) is 11.6 Å². The number of hydrogen-bond acceptors (Lipinski definition) is 3. The van der Waals surface area contributed by atoms with Gasteiger partial charge in [-0.2, -0.15) is 0 Å². The molecule has 4 nitrogen and oxygen atoms in total. The molecule has 5 heteroatoms. The number of hydrogen-bond donors (Lipinski definition) is 1. The number of phenols is 1. The average Bonchev–Trinajstić information content (AvgIpc) is 2.46. The second-order valence-corrected chi connectivity index (χ2v) is 5.19. The molecule has 1 aromatic heterocycles. The van der Waals surface area contributed by atoms with E-state index < -0.39 is 0 Å². The summed E-state index contributed by atoms with van der Waals surface area (Å²) >= 11 is 5.99. The van der Waals surface area contributed by atoms with Gasteiger partial charge in [0, 0.05) is 24.0 Å². The van der Waals surface area contributed by atoms with Gasteiger partial charge in [0.2, 0.25) is 0 Å². The zero-order valence-corrected chi connectivity index (χ0v) is 12.8. The Hall–Kier alpha value is -2.07. The Balaban J connectivity index is 2.28. The molecular formula is C16H17ClN2O2. The number of aromatic nitrogens is 1. The van der Waals surface area contributed by atoms with Crippen molar-refractivity contribution in [1.82, 2.24) is 4.98 Å². The van der Waals surface area contributed by atoms with E-state index in [1.165, 1.54) is 4.90 Å². The number of phenolic OH excluding ortho intramolecular Hbond substituents is 1. The molecule has 0 saturated carbocycles. The molecule has 0 atom stereocenters. The van der Waals surface area contributed by atoms with E-state index in [-0.39, 0.29) is 11.7 Å². The van der Waals surface area contributed by atoms with Gasteiger partial charge in [-0.25, -0.2) is 4.98 Å². The summed E-state index contributed by atoms with van der Waals surface area (Å²) in [5.74, 6) is -0.000806. The van der Waals surface area contributed by atoms with Crippen LogP contribution in [-0.2, 0) is 6.42 Å². The third-order valence-corrected chi connectivity index (χ3v) is 3.34. The second-order valence-electron chi connectivity index (χ2n) is 4.80. The average molecular weight is 305 g/mol. The molecule has 110 valence electrons. The summed E-state index contributed by atoms with van der Waals surface area (Å²) in [4.78, 5) is 18.2. The Morgan fingerprint density at radius 3 is 2.57 bits per heavy atom. The molecule has 0 bridgehead atoms. The summed E-state index contributed by atoms with van der Waals surface area (Å²) in [7, 11) is 1.68. The van der Waals surface area contributed by atoms with Crippen LogP contribution in [-0.4, -0.2) is 23.0 Å². The highest BCUT2D eigenvalue weighted by molar-refractivity contribution is 6.29. The number of pyridine rings is 1. The van der Waals surface area contributed by atoms with Crippen molar-refractivity contribution in [1.29, 1.82) is 0 Å². The molecule has 0 fully saturated rings. The van der Waals surface area contributed by atoms with Crippen molar-refractivity contribution in [2.24, 2.45) is 0 Å². The van der Waals surface area contributed by atoms with Crippen LogP contribution in [0.25, 0.3) is 0 Å². The van der Waals surface area contributed by atoms with E-state index in [1.54, 1.807) is 43.4 Å². The maximum Gasteiger partial charge on any atom is 0.258 e. The van der Waals surface area contributed by atoms with Gasteiger partial charge >= 0.3 is 0 Å². The topological polar surface area (TPSA) is 53.4 Å². The molecule has 0 aliphatic heterocycles. The Morgan fingerprint density at radius 1 is 1.29 bits per heavy atom. The fourth-order valence-electron chi connectivity index (χ4n) is 2.05. The molecular weight excluding hydrogens is 288 g/mol. The predicted molar refractivity (Wildman–Crippen MR) is 84.1 cm³/mol. The van der Waals surface area contributed by atoms with E-state index in [9.17, 15) is 9.90 Å². The van der Waals surface area contributed by atoms with Crippen molar-refractivity contribution >= 4 is 23.2 Å². The van der Waals surface area contributed by atoms with Gasteiger partial charge in [-0.15, -0.1) is 0 Å². The molecule has 0 aliphatic rings. The molecule has 1 N–H and O–H groups in total. The fourth-order valence-corrected chi connectivity index (χ4v) is 2.27. The zero-order valence-electron chi connectivity index (χ0n) is 12.0. The molecule has 2 aromatic rings. The number of benzene rings is 1. The van der Waals surface area contributed by atoms with Crippen molar-refractivity contribution in [3.63, 3.8) is 0 Å². The SMILES string of the molecule is CCCc1cc(C(=O)N(C)c2ccc(O)cc2)cc(Cl)n1. The van der Waals surface area contributed by atoms with Crippen LogP contribution in [0.1, 0.15) is 29.4 Å². The number of carbonyl (C=O) groups is 1. The first-order valence-electron chi connectivity index (χ1n) is 6.75. The molecule has 1 amide bonds. The van der Waals surface area contributed by atoms with Crippen molar-refractivity contribution in [3.8, 4) is 5.75 Å². The molecule has 1 heterocycles. The van der Waals surface area contributed by atoms with Crippen LogP contribution in [0.4, 0.5) is 5.69 Å². The molecule has 21 heavy (non-hydrogen) atoms. The number of nitrogens with zero attached hydrogens (tertiary/aromatic N) is 2. The summed E-state index contributed by atoms with van der Waals surface area (Å²) in [5, 5.41) is 9.62. The minimum Gasteiger partial charge on any atom is -0.508 e. The molecule has 0 unspecified atom stereocenters. The molecule has 0 spiro atoms. The van der Waals surface area contributed by atoms with Gasteiger partial charge in [0.15, 0.2) is 0 Å². The lowest BCUT2D eigenvalue weighted by Crippen LogP contribution is -2.26. The molecule has 0 aliphatic carbocycles. The lowest BCUT2D eigenvalue weighted by atomic mass is 10.1. The monoisotopic (exact) mass is 304 g/mol. The maximum absolute atomic E-state index is 12.5. The molecule has 0 saturated heterocycles. The molecule has 2 rings (SSSR count). The van der Waals surface area contributed by atoms with Gasteiger partial charge in [-0.1, -0.05) is 24.9 Å². The van der Waals surface area contributed by atoms with E-state index in [0.717, 1.165) is 18.5 Å². The summed E-state index contributed by atoms with van der Waals surface area (Å²) in [6, 6.07) is 9.79.